The molecule has 5 heteroatoms. The molecule has 0 atom stereocenters. The van der Waals surface area contributed by atoms with Crippen molar-refractivity contribution in [2.45, 2.75) is 6.92 Å². The Morgan fingerprint density at radius 1 is 1.29 bits per heavy atom. The third-order valence-corrected chi connectivity index (χ3v) is 3.78. The fourth-order valence-corrected chi connectivity index (χ4v) is 2.29. The molecule has 0 amide bonds. The summed E-state index contributed by atoms with van der Waals surface area (Å²) in [5, 5.41) is 1.73. The highest BCUT2D eigenvalue weighted by Crippen LogP contribution is 2.35. The predicted octanol–water partition coefficient (Wildman–Crippen LogP) is 3.58. The summed E-state index contributed by atoms with van der Waals surface area (Å²) in [6.45, 7) is 1.87. The summed E-state index contributed by atoms with van der Waals surface area (Å²) < 4.78 is 6.46. The molecule has 0 saturated heterocycles. The smallest absolute Gasteiger partial charge is 0.354 e. The van der Waals surface area contributed by atoms with Crippen LogP contribution in [0.5, 0.6) is 0 Å². The highest BCUT2D eigenvalue weighted by Gasteiger charge is 2.17. The van der Waals surface area contributed by atoms with E-state index in [4.69, 9.17) is 27.9 Å². The van der Waals surface area contributed by atoms with Crippen LogP contribution in [-0.4, -0.2) is 17.6 Å². The molecule has 0 N–H and O–H groups in total. The number of esters is 1. The van der Waals surface area contributed by atoms with Crippen molar-refractivity contribution in [2.24, 2.45) is 7.05 Å². The average molecular weight is 272 g/mol. The molecule has 0 aliphatic carbocycles. The Balaban J connectivity index is 2.83. The quantitative estimate of drug-likeness (QED) is 0.743. The van der Waals surface area contributed by atoms with E-state index >= 15 is 0 Å². The molecule has 0 aliphatic heterocycles. The number of aromatic nitrogens is 1. The van der Waals surface area contributed by atoms with Crippen LogP contribution in [0.2, 0.25) is 10.0 Å². The largest absolute Gasteiger partial charge is 0.464 e. The second-order valence-corrected chi connectivity index (χ2v) is 4.59. The number of methoxy groups -OCH3 is 1. The topological polar surface area (TPSA) is 31.2 Å². The van der Waals surface area contributed by atoms with Gasteiger partial charge in [0.05, 0.1) is 22.7 Å². The van der Waals surface area contributed by atoms with E-state index in [0.29, 0.717) is 15.7 Å². The van der Waals surface area contributed by atoms with E-state index in [1.165, 1.54) is 7.11 Å². The van der Waals surface area contributed by atoms with E-state index in [2.05, 4.69) is 0 Å². The fraction of sp³-hybridized carbons (Fsp3) is 0.250. The molecule has 0 aliphatic rings. The molecule has 0 fully saturated rings. The number of nitrogens with zero attached hydrogens (tertiary/aromatic N) is 1. The molecule has 2 rings (SSSR count). The summed E-state index contributed by atoms with van der Waals surface area (Å²) >= 11 is 12.2. The van der Waals surface area contributed by atoms with E-state index in [1.54, 1.807) is 17.7 Å². The van der Waals surface area contributed by atoms with Gasteiger partial charge < -0.3 is 9.30 Å². The summed E-state index contributed by atoms with van der Waals surface area (Å²) in [4.78, 5) is 11.6. The van der Waals surface area contributed by atoms with Gasteiger partial charge in [-0.25, -0.2) is 4.79 Å². The second-order valence-electron chi connectivity index (χ2n) is 3.83. The number of aryl methyl sites for hydroxylation is 2. The summed E-state index contributed by atoms with van der Waals surface area (Å²) in [6.07, 6.45) is 0. The lowest BCUT2D eigenvalue weighted by molar-refractivity contribution is 0.0590. The molecule has 1 heterocycles. The third kappa shape index (κ3) is 1.79. The first-order chi connectivity index (χ1) is 7.97. The first-order valence-corrected chi connectivity index (χ1v) is 5.75. The summed E-state index contributed by atoms with van der Waals surface area (Å²) in [7, 11) is 3.14. The second kappa shape index (κ2) is 4.24. The summed E-state index contributed by atoms with van der Waals surface area (Å²) in [6, 6.07) is 3.59. The Morgan fingerprint density at radius 2 is 1.94 bits per heavy atom. The number of hydrogen-bond donors (Lipinski definition) is 0. The van der Waals surface area contributed by atoms with Crippen molar-refractivity contribution in [1.29, 1.82) is 0 Å². The van der Waals surface area contributed by atoms with Crippen LogP contribution in [-0.2, 0) is 11.8 Å². The van der Waals surface area contributed by atoms with Crippen molar-refractivity contribution in [3.63, 3.8) is 0 Å². The molecule has 1 aromatic carbocycles. The summed E-state index contributed by atoms with van der Waals surface area (Å²) in [5.41, 5.74) is 2.19. The monoisotopic (exact) mass is 271 g/mol. The first kappa shape index (κ1) is 12.3. The minimum atomic E-state index is -0.395. The number of rotatable bonds is 1. The van der Waals surface area contributed by atoms with Gasteiger partial charge in [-0.2, -0.15) is 0 Å². The van der Waals surface area contributed by atoms with Crippen LogP contribution in [0.15, 0.2) is 12.1 Å². The molecular weight excluding hydrogens is 261 g/mol. The van der Waals surface area contributed by atoms with Gasteiger partial charge >= 0.3 is 5.97 Å². The molecule has 90 valence electrons. The number of carbonyl (C=O) groups is 1. The van der Waals surface area contributed by atoms with Gasteiger partial charge in [0.15, 0.2) is 0 Å². The first-order valence-electron chi connectivity index (χ1n) is 4.99. The maximum Gasteiger partial charge on any atom is 0.354 e. The molecule has 0 radical (unpaired) electrons. The van der Waals surface area contributed by atoms with Crippen LogP contribution in [0.4, 0.5) is 0 Å². The van der Waals surface area contributed by atoms with Crippen molar-refractivity contribution in [3.8, 4) is 0 Å². The SMILES string of the molecule is COC(=O)c1cc2c(Cl)c(Cl)c(C)cc2n1C. The Bertz CT molecular complexity index is 617. The van der Waals surface area contributed by atoms with Crippen molar-refractivity contribution in [1.82, 2.24) is 4.57 Å². The van der Waals surface area contributed by atoms with E-state index in [9.17, 15) is 4.79 Å². The van der Waals surface area contributed by atoms with Gasteiger partial charge in [0.1, 0.15) is 5.69 Å². The molecule has 17 heavy (non-hydrogen) atoms. The van der Waals surface area contributed by atoms with E-state index in [-0.39, 0.29) is 0 Å². The lowest BCUT2D eigenvalue weighted by Gasteiger charge is -2.05. The van der Waals surface area contributed by atoms with Gasteiger partial charge in [-0.1, -0.05) is 23.2 Å². The maximum absolute atomic E-state index is 11.6. The zero-order valence-corrected chi connectivity index (χ0v) is 11.2. The van der Waals surface area contributed by atoms with Gasteiger partial charge in [-0.3, -0.25) is 0 Å². The van der Waals surface area contributed by atoms with Gasteiger partial charge in [0.25, 0.3) is 0 Å². The lowest BCUT2D eigenvalue weighted by atomic mass is 10.2. The van der Waals surface area contributed by atoms with Crippen LogP contribution < -0.4 is 0 Å². The number of ether oxygens (including phenoxy) is 1. The standard InChI is InChI=1S/C12H11Cl2NO2/c1-6-4-8-7(11(14)10(6)13)5-9(15(8)2)12(16)17-3/h4-5H,1-3H3. The minimum absolute atomic E-state index is 0.395. The van der Waals surface area contributed by atoms with Gasteiger partial charge in [0.2, 0.25) is 0 Å². The molecule has 0 saturated carbocycles. The van der Waals surface area contributed by atoms with E-state index in [1.807, 2.05) is 13.0 Å². The Labute approximate surface area is 109 Å². The van der Waals surface area contributed by atoms with Crippen molar-refractivity contribution in [3.05, 3.63) is 33.4 Å². The van der Waals surface area contributed by atoms with Gasteiger partial charge in [0, 0.05) is 12.4 Å². The maximum atomic E-state index is 11.6. The van der Waals surface area contributed by atoms with Crippen LogP contribution in [0.1, 0.15) is 16.1 Å². The molecule has 0 unspecified atom stereocenters. The molecule has 0 bridgehead atoms. The third-order valence-electron chi connectivity index (χ3n) is 2.80. The Morgan fingerprint density at radius 3 is 2.53 bits per heavy atom. The molecule has 2 aromatic rings. The zero-order valence-electron chi connectivity index (χ0n) is 9.67. The van der Waals surface area contributed by atoms with E-state index in [0.717, 1.165) is 16.5 Å². The number of carbonyl (C=O) groups excluding carboxylic acids is 1. The molecular formula is C12H11Cl2NO2. The van der Waals surface area contributed by atoms with Crippen molar-refractivity contribution in [2.75, 3.05) is 7.11 Å². The van der Waals surface area contributed by atoms with Crippen LogP contribution in [0, 0.1) is 6.92 Å². The Kier molecular flexibility index (Phi) is 3.06. The lowest BCUT2D eigenvalue weighted by Crippen LogP contribution is -2.06. The van der Waals surface area contributed by atoms with Crippen molar-refractivity contribution >= 4 is 40.1 Å². The van der Waals surface area contributed by atoms with Crippen molar-refractivity contribution < 1.29 is 9.53 Å². The molecule has 3 nitrogen and oxygen atoms in total. The highest BCUT2D eigenvalue weighted by atomic mass is 35.5. The van der Waals surface area contributed by atoms with Crippen LogP contribution >= 0.6 is 23.2 Å². The average Bonchev–Trinajstić information content (AvgIpc) is 2.64. The molecule has 1 aromatic heterocycles. The van der Waals surface area contributed by atoms with E-state index < -0.39 is 5.97 Å². The number of benzene rings is 1. The van der Waals surface area contributed by atoms with Crippen LogP contribution in [0.3, 0.4) is 0 Å². The zero-order chi connectivity index (χ0) is 12.7. The van der Waals surface area contributed by atoms with Gasteiger partial charge in [-0.05, 0) is 24.6 Å². The molecule has 0 spiro atoms. The number of fused-ring (bicyclic) bond motifs is 1. The van der Waals surface area contributed by atoms with Crippen LogP contribution in [0.25, 0.3) is 10.9 Å². The highest BCUT2D eigenvalue weighted by molar-refractivity contribution is 6.45. The normalized spacial score (nSPS) is 10.9. The minimum Gasteiger partial charge on any atom is -0.464 e. The van der Waals surface area contributed by atoms with Gasteiger partial charge in [-0.15, -0.1) is 0 Å². The summed E-state index contributed by atoms with van der Waals surface area (Å²) in [5.74, 6) is -0.395. The predicted molar refractivity (Wildman–Crippen MR) is 69.0 cm³/mol. The number of hydrogen-bond acceptors (Lipinski definition) is 2. The fourth-order valence-electron chi connectivity index (χ4n) is 1.83. The Hall–Kier alpha value is -1.19. The number of halogens is 2.